The molecule has 13 nitrogen and oxygen atoms in total. The number of anilines is 1. The third kappa shape index (κ3) is 10.3. The van der Waals surface area contributed by atoms with E-state index in [0.29, 0.717) is 16.8 Å². The second-order valence-electron chi connectivity index (χ2n) is 12.6. The number of carboxylic acid groups (broad SMARTS) is 1. The number of rotatable bonds is 16. The number of nitrogens with one attached hydrogen (secondary N) is 3. The molecule has 1 heterocycles. The zero-order valence-electron chi connectivity index (χ0n) is 30.2. The molecule has 278 valence electrons. The molecule has 52 heavy (non-hydrogen) atoms. The summed E-state index contributed by atoms with van der Waals surface area (Å²) in [6, 6.07) is 13.4. The van der Waals surface area contributed by atoms with E-state index in [-0.39, 0.29) is 22.7 Å². The molecule has 1 aliphatic heterocycles. The van der Waals surface area contributed by atoms with Crippen LogP contribution in [0.15, 0.2) is 72.8 Å². The molecule has 3 aromatic rings. The van der Waals surface area contributed by atoms with E-state index in [1.165, 1.54) is 79.0 Å². The van der Waals surface area contributed by atoms with E-state index < -0.39 is 96.9 Å². The first-order valence-corrected chi connectivity index (χ1v) is 17.0. The highest BCUT2D eigenvalue weighted by Crippen LogP contribution is 2.46. The number of aliphatic hydroxyl groups excluding tert-OH is 2. The van der Waals surface area contributed by atoms with E-state index in [1.54, 1.807) is 24.3 Å². The number of carboxylic acids is 1. The number of benzene rings is 3. The summed E-state index contributed by atoms with van der Waals surface area (Å²) in [5, 5.41) is 33.1. The fourth-order valence-electron chi connectivity index (χ4n) is 5.16. The third-order valence-corrected chi connectivity index (χ3v) is 9.25. The summed E-state index contributed by atoms with van der Waals surface area (Å²) in [5.41, 5.74) is 0.314. The van der Waals surface area contributed by atoms with Gasteiger partial charge in [0.15, 0.2) is 8.02 Å². The van der Waals surface area contributed by atoms with Gasteiger partial charge in [-0.15, -0.1) is 11.8 Å². The first-order valence-electron chi connectivity index (χ1n) is 17.1. The van der Waals surface area contributed by atoms with Crippen molar-refractivity contribution in [2.45, 2.75) is 50.2 Å². The van der Waals surface area contributed by atoms with Crippen LogP contribution in [-0.2, 0) is 24.0 Å². The summed E-state index contributed by atoms with van der Waals surface area (Å²) in [5.74, 6) is -5.19. The lowest BCUT2D eigenvalue weighted by Gasteiger charge is -2.47. The first kappa shape index (κ1) is 36.7. The van der Waals surface area contributed by atoms with Crippen LogP contribution in [0.3, 0.4) is 0 Å². The molecule has 0 unspecified atom stereocenters. The standard InChI is InChI=1S/C36H40F2N4O9S/c1-36(2,3)32(33(47)40-26(17-43)35(49)50)41-28(45)16-39-29(46)18-51-25-14-6-21(7-15-25)30-31(34(48)42(30)24-12-10-23(38)11-13-24)52-19-27(44)20-4-8-22(37)9-5-20/h4-15,26-27,30-32,43-44H,16-19H2,1-3H3,(H,39,46)(H,40,47)(H,41,45)(H,49,50)/t26-,27-,30+,31+,32+/m0/s1/i1D/hD. The van der Waals surface area contributed by atoms with Gasteiger partial charge in [0.05, 0.1) is 25.3 Å². The van der Waals surface area contributed by atoms with Crippen molar-refractivity contribution < 1.29 is 55.6 Å². The Morgan fingerprint density at radius 2 is 1.62 bits per heavy atom. The van der Waals surface area contributed by atoms with Crippen LogP contribution in [-0.4, -0.2) is 87.8 Å². The van der Waals surface area contributed by atoms with Crippen molar-refractivity contribution >= 4 is 47.0 Å². The van der Waals surface area contributed by atoms with Crippen molar-refractivity contribution in [1.29, 1.82) is 0 Å². The van der Waals surface area contributed by atoms with E-state index >= 15 is 0 Å². The summed E-state index contributed by atoms with van der Waals surface area (Å²) in [4.78, 5) is 64.4. The number of aliphatic carboxylic acids is 1. The number of nitrogens with zero attached hydrogens (tertiary/aromatic N) is 1. The van der Waals surface area contributed by atoms with Gasteiger partial charge in [-0.3, -0.25) is 19.2 Å². The SMILES string of the molecule is [2H]CC(C)(C)[C@@H](C(=O)N[C@@H](CO)C(=O)O)N([2H])C(=O)CNC(=O)COc1ccc([C@@H]2[C@@H](SC[C@H](O)c3ccc(F)cc3)C(=O)N2c2ccc(F)cc2)cc1. The molecule has 1 aliphatic rings. The molecule has 0 bridgehead atoms. The lowest BCUT2D eigenvalue weighted by molar-refractivity contribution is -0.144. The van der Waals surface area contributed by atoms with Gasteiger partial charge in [0, 0.05) is 12.8 Å². The van der Waals surface area contributed by atoms with Crippen molar-refractivity contribution in [2.75, 3.05) is 30.4 Å². The van der Waals surface area contributed by atoms with Crippen molar-refractivity contribution in [3.63, 3.8) is 0 Å². The van der Waals surface area contributed by atoms with Gasteiger partial charge < -0.3 is 40.9 Å². The molecule has 0 saturated carbocycles. The number of aliphatic hydroxyl groups is 2. The average molecular weight is 745 g/mol. The number of carbonyl (C=O) groups excluding carboxylic acids is 4. The Bertz CT molecular complexity index is 1810. The van der Waals surface area contributed by atoms with Crippen LogP contribution in [0.5, 0.6) is 5.75 Å². The number of halogens is 2. The average Bonchev–Trinajstić information content (AvgIpc) is 3.15. The molecule has 0 aromatic heterocycles. The van der Waals surface area contributed by atoms with Gasteiger partial charge in [0.25, 0.3) is 5.91 Å². The predicted octanol–water partition coefficient (Wildman–Crippen LogP) is 2.48. The molecule has 4 amide bonds. The number of amides is 4. The third-order valence-electron chi connectivity index (χ3n) is 7.93. The quantitative estimate of drug-likeness (QED) is 0.119. The van der Waals surface area contributed by atoms with Gasteiger partial charge in [0.1, 0.15) is 34.7 Å². The van der Waals surface area contributed by atoms with Crippen molar-refractivity contribution in [3.05, 3.63) is 95.6 Å². The first-order chi connectivity index (χ1) is 25.6. The van der Waals surface area contributed by atoms with E-state index in [4.69, 9.17) is 12.6 Å². The number of hydrogen-bond acceptors (Lipinski definition) is 9. The van der Waals surface area contributed by atoms with Gasteiger partial charge in [-0.25, -0.2) is 13.6 Å². The number of β-lactam (4-membered cyclic amide) rings is 1. The maximum absolute atomic E-state index is 13.7. The molecule has 4 rings (SSSR count). The Kier molecular flexibility index (Phi) is 12.3. The predicted molar refractivity (Wildman–Crippen MR) is 187 cm³/mol. The van der Waals surface area contributed by atoms with Gasteiger partial charge in [-0.1, -0.05) is 45.0 Å². The van der Waals surface area contributed by atoms with Gasteiger partial charge in [-0.2, -0.15) is 0 Å². The highest BCUT2D eigenvalue weighted by atomic mass is 32.2. The molecule has 1 fully saturated rings. The molecular formula is C36H40F2N4O9S. The minimum Gasteiger partial charge on any atom is -0.484 e. The summed E-state index contributed by atoms with van der Waals surface area (Å²) < 4.78 is 48.6. The fraction of sp³-hybridized carbons (Fsp3) is 0.361. The molecule has 16 heteroatoms. The summed E-state index contributed by atoms with van der Waals surface area (Å²) in [7, 11) is 0. The number of ether oxygens (including phenoxy) is 1. The minimum atomic E-state index is -1.70. The van der Waals surface area contributed by atoms with Crippen LogP contribution in [0.4, 0.5) is 14.5 Å². The van der Waals surface area contributed by atoms with Gasteiger partial charge >= 0.3 is 5.97 Å². The number of thioether (sulfide) groups is 1. The van der Waals surface area contributed by atoms with Crippen LogP contribution >= 0.6 is 11.8 Å². The smallest absolute Gasteiger partial charge is 0.328 e. The zero-order valence-corrected chi connectivity index (χ0v) is 29.0. The van der Waals surface area contributed by atoms with E-state index in [2.05, 4.69) is 10.6 Å². The maximum Gasteiger partial charge on any atom is 0.328 e. The van der Waals surface area contributed by atoms with Crippen LogP contribution in [0.2, 0.25) is 1.41 Å². The Labute approximate surface area is 305 Å². The fourth-order valence-corrected chi connectivity index (χ4v) is 6.46. The molecule has 3 aromatic carbocycles. The minimum absolute atomic E-state index is 0.136. The van der Waals surface area contributed by atoms with Crippen molar-refractivity contribution in [3.8, 4) is 5.75 Å². The van der Waals surface area contributed by atoms with E-state index in [9.17, 15) is 43.0 Å². The largest absolute Gasteiger partial charge is 0.484 e. The van der Waals surface area contributed by atoms with Crippen LogP contribution in [0.25, 0.3) is 0 Å². The molecule has 0 aliphatic carbocycles. The number of hydrogen-bond donors (Lipinski definition) is 6. The molecular weight excluding hydrogens is 702 g/mol. The van der Waals surface area contributed by atoms with Crippen molar-refractivity contribution in [1.82, 2.24) is 15.9 Å². The highest BCUT2D eigenvalue weighted by molar-refractivity contribution is 8.00. The van der Waals surface area contributed by atoms with E-state index in [1.807, 2.05) is 0 Å². The summed E-state index contributed by atoms with van der Waals surface area (Å²) >= 11 is 1.22. The van der Waals surface area contributed by atoms with Gasteiger partial charge in [0.2, 0.25) is 17.7 Å². The van der Waals surface area contributed by atoms with Crippen LogP contribution in [0, 0.1) is 17.0 Å². The second kappa shape index (κ2) is 17.4. The summed E-state index contributed by atoms with van der Waals surface area (Å²) in [6.07, 6.45) is -0.968. The molecule has 1 saturated heterocycles. The van der Waals surface area contributed by atoms with Gasteiger partial charge in [-0.05, 0) is 65.1 Å². The summed E-state index contributed by atoms with van der Waals surface area (Å²) in [6.45, 7) is 0.203. The Morgan fingerprint density at radius 1 is 1.00 bits per heavy atom. The lowest BCUT2D eigenvalue weighted by Crippen LogP contribution is -2.58. The van der Waals surface area contributed by atoms with Crippen LogP contribution < -0.4 is 25.6 Å². The highest BCUT2D eigenvalue weighted by Gasteiger charge is 2.49. The zero-order chi connectivity index (χ0) is 39.7. The van der Waals surface area contributed by atoms with Crippen molar-refractivity contribution in [2.24, 2.45) is 5.41 Å². The monoisotopic (exact) mass is 744 g/mol. The topological polar surface area (TPSA) is 195 Å². The molecule has 6 N–H and O–H groups in total. The van der Waals surface area contributed by atoms with E-state index in [0.717, 1.165) is 0 Å². The molecule has 0 spiro atoms. The van der Waals surface area contributed by atoms with Crippen LogP contribution in [0.1, 0.15) is 45.4 Å². The number of carbonyl (C=O) groups is 5. The normalized spacial score (nSPS) is 17.8. The molecule has 5 atom stereocenters. The maximum atomic E-state index is 13.7. The Hall–Kier alpha value is -5.06. The molecule has 0 radical (unpaired) electrons. The lowest BCUT2D eigenvalue weighted by atomic mass is 9.86. The Morgan fingerprint density at radius 3 is 2.19 bits per heavy atom. The second-order valence-corrected chi connectivity index (χ2v) is 13.8. The Balaban J connectivity index is 1.37.